The van der Waals surface area contributed by atoms with E-state index in [2.05, 4.69) is 20.0 Å². The second kappa shape index (κ2) is 7.93. The number of sulfone groups is 1. The van der Waals surface area contributed by atoms with E-state index in [9.17, 15) is 26.4 Å². The fraction of sp³-hybridized carbons (Fsp3) is 0.381. The maximum atomic E-state index is 15.3. The molecule has 0 saturated heterocycles. The van der Waals surface area contributed by atoms with E-state index in [1.165, 1.54) is 19.1 Å². The fourth-order valence-electron chi connectivity index (χ4n) is 4.02. The highest BCUT2D eigenvalue weighted by Gasteiger charge is 2.67. The summed E-state index contributed by atoms with van der Waals surface area (Å²) in [5, 5.41) is 2.45. The van der Waals surface area contributed by atoms with Crippen molar-refractivity contribution in [1.29, 1.82) is 0 Å². The summed E-state index contributed by atoms with van der Waals surface area (Å²) in [7, 11) is -4.40. The number of nitrogens with one attached hydrogen (secondary N) is 1. The molecule has 1 aromatic carbocycles. The molecule has 34 heavy (non-hydrogen) atoms. The molecule has 4 rings (SSSR count). The number of halogens is 4. The van der Waals surface area contributed by atoms with Crippen LogP contribution in [0.2, 0.25) is 0 Å². The molecule has 1 aliphatic heterocycles. The van der Waals surface area contributed by atoms with Gasteiger partial charge in [-0.3, -0.25) is 9.79 Å². The molecule has 1 amide bonds. The summed E-state index contributed by atoms with van der Waals surface area (Å²) in [6.07, 6.45) is 1.23. The molecule has 2 aromatic rings. The van der Waals surface area contributed by atoms with Gasteiger partial charge < -0.3 is 15.8 Å². The standard InChI is InChI=1S/C21H20F4N4O4S/c1-10-7-12(33-19(24)25)9-27-15(10)16(30)28-11-3-4-14(22)13(8-11)20(2)17(23)34(31,32)21(5-6-21)18(26)29-20/h3-4,7-9,17,19H,5-6H2,1-2H3,(H2,26,29)(H,28,30)/t17-,20-/m1/s1. The number of anilines is 1. The molecule has 1 fully saturated rings. The number of amidine groups is 1. The first-order valence-corrected chi connectivity index (χ1v) is 11.6. The van der Waals surface area contributed by atoms with Crippen molar-refractivity contribution in [3.63, 3.8) is 0 Å². The van der Waals surface area contributed by atoms with Gasteiger partial charge in [0.1, 0.15) is 33.4 Å². The Hall–Kier alpha value is -3.22. The number of aromatic nitrogens is 1. The second-order valence-corrected chi connectivity index (χ2v) is 10.6. The Bertz CT molecular complexity index is 1310. The third-order valence-electron chi connectivity index (χ3n) is 6.05. The number of hydrogen-bond acceptors (Lipinski definition) is 7. The van der Waals surface area contributed by atoms with E-state index >= 15 is 4.39 Å². The van der Waals surface area contributed by atoms with E-state index in [1.807, 2.05) is 0 Å². The van der Waals surface area contributed by atoms with Gasteiger partial charge in [-0.15, -0.1) is 0 Å². The number of carbonyl (C=O) groups is 1. The maximum Gasteiger partial charge on any atom is 0.387 e. The fourth-order valence-corrected chi connectivity index (χ4v) is 6.21. The number of aliphatic imine (C=N–C) groups is 1. The maximum absolute atomic E-state index is 15.3. The molecule has 8 nitrogen and oxygen atoms in total. The zero-order valence-electron chi connectivity index (χ0n) is 18.0. The van der Waals surface area contributed by atoms with Crippen LogP contribution in [0.1, 0.15) is 41.4 Å². The monoisotopic (exact) mass is 500 g/mol. The molecule has 0 radical (unpaired) electrons. The van der Waals surface area contributed by atoms with Crippen molar-refractivity contribution in [2.24, 2.45) is 10.7 Å². The van der Waals surface area contributed by atoms with Crippen molar-refractivity contribution in [2.45, 2.75) is 49.1 Å². The highest BCUT2D eigenvalue weighted by Crippen LogP contribution is 2.54. The van der Waals surface area contributed by atoms with Gasteiger partial charge in [-0.1, -0.05) is 0 Å². The lowest BCUT2D eigenvalue weighted by atomic mass is 9.92. The van der Waals surface area contributed by atoms with Crippen LogP contribution in [-0.2, 0) is 15.4 Å². The topological polar surface area (TPSA) is 124 Å². The van der Waals surface area contributed by atoms with Crippen LogP contribution in [-0.4, -0.2) is 42.0 Å². The van der Waals surface area contributed by atoms with Gasteiger partial charge in [0.25, 0.3) is 5.91 Å². The number of nitrogens with two attached hydrogens (primary N) is 1. The Morgan fingerprint density at radius 1 is 1.29 bits per heavy atom. The number of aryl methyl sites for hydroxylation is 1. The first-order chi connectivity index (χ1) is 15.8. The van der Waals surface area contributed by atoms with E-state index in [0.717, 1.165) is 25.3 Å². The Morgan fingerprint density at radius 3 is 2.56 bits per heavy atom. The van der Waals surface area contributed by atoms with Crippen molar-refractivity contribution in [3.05, 3.63) is 53.1 Å². The molecule has 3 N–H and O–H groups in total. The van der Waals surface area contributed by atoms with Crippen LogP contribution < -0.4 is 15.8 Å². The number of rotatable bonds is 5. The van der Waals surface area contributed by atoms with Crippen molar-refractivity contribution < 1.29 is 35.5 Å². The quantitative estimate of drug-likeness (QED) is 0.608. The third kappa shape index (κ3) is 3.67. The van der Waals surface area contributed by atoms with Crippen molar-refractivity contribution in [1.82, 2.24) is 4.98 Å². The van der Waals surface area contributed by atoms with E-state index < -0.39 is 49.5 Å². The molecular weight excluding hydrogens is 480 g/mol. The molecule has 2 aliphatic rings. The van der Waals surface area contributed by atoms with Crippen molar-refractivity contribution in [3.8, 4) is 5.75 Å². The summed E-state index contributed by atoms with van der Waals surface area (Å²) in [5.41, 5.74) is 0.832. The minimum absolute atomic E-state index is 0.00168. The average molecular weight is 500 g/mol. The van der Waals surface area contributed by atoms with Crippen molar-refractivity contribution >= 4 is 27.3 Å². The molecule has 1 saturated carbocycles. The zero-order chi connectivity index (χ0) is 25.1. The van der Waals surface area contributed by atoms with Gasteiger partial charge in [0.2, 0.25) is 5.50 Å². The summed E-state index contributed by atoms with van der Waals surface area (Å²) >= 11 is 0. The van der Waals surface area contributed by atoms with Gasteiger partial charge >= 0.3 is 6.61 Å². The summed E-state index contributed by atoms with van der Waals surface area (Å²) in [5.74, 6) is -2.22. The lowest BCUT2D eigenvalue weighted by Crippen LogP contribution is -2.54. The average Bonchev–Trinajstić information content (AvgIpc) is 3.55. The largest absolute Gasteiger partial charge is 0.433 e. The summed E-state index contributed by atoms with van der Waals surface area (Å²) in [6, 6.07) is 4.38. The summed E-state index contributed by atoms with van der Waals surface area (Å²) < 4.78 is 83.1. The number of pyridine rings is 1. The highest BCUT2D eigenvalue weighted by atomic mass is 32.2. The smallest absolute Gasteiger partial charge is 0.387 e. The number of ether oxygens (including phenoxy) is 1. The van der Waals surface area contributed by atoms with Crippen LogP contribution in [0.15, 0.2) is 35.5 Å². The summed E-state index contributed by atoms with van der Waals surface area (Å²) in [4.78, 5) is 20.5. The molecule has 1 aromatic heterocycles. The number of benzene rings is 1. The van der Waals surface area contributed by atoms with Crippen molar-refractivity contribution in [2.75, 3.05) is 5.32 Å². The Morgan fingerprint density at radius 2 is 1.97 bits per heavy atom. The van der Waals surface area contributed by atoms with E-state index in [0.29, 0.717) is 0 Å². The molecule has 2 heterocycles. The van der Waals surface area contributed by atoms with Crippen LogP contribution in [0, 0.1) is 12.7 Å². The van der Waals surface area contributed by atoms with Gasteiger partial charge in [0.05, 0.1) is 6.20 Å². The summed E-state index contributed by atoms with van der Waals surface area (Å²) in [6.45, 7) is -0.493. The Kier molecular flexibility index (Phi) is 5.58. The third-order valence-corrected chi connectivity index (χ3v) is 8.76. The SMILES string of the molecule is Cc1cc(OC(F)F)cnc1C(=O)Nc1ccc(F)c([C@@]2(C)N=C(N)C3(CC3)S(=O)(=O)[C@H]2F)c1. The predicted molar refractivity (Wildman–Crippen MR) is 115 cm³/mol. The predicted octanol–water partition coefficient (Wildman–Crippen LogP) is 3.21. The van der Waals surface area contributed by atoms with Crippen LogP contribution in [0.25, 0.3) is 0 Å². The lowest BCUT2D eigenvalue weighted by Gasteiger charge is -2.37. The van der Waals surface area contributed by atoms with Gasteiger partial charge in [-0.2, -0.15) is 8.78 Å². The Labute approximate surface area is 192 Å². The van der Waals surface area contributed by atoms with Crippen LogP contribution >= 0.6 is 0 Å². The number of nitrogens with zero attached hydrogens (tertiary/aromatic N) is 2. The normalized spacial score (nSPS) is 24.6. The first kappa shape index (κ1) is 23.9. The minimum atomic E-state index is -4.40. The Balaban J connectivity index is 1.66. The molecular formula is C21H20F4N4O4S. The van der Waals surface area contributed by atoms with Gasteiger partial charge in [-0.25, -0.2) is 22.2 Å². The second-order valence-electron chi connectivity index (χ2n) is 8.36. The van der Waals surface area contributed by atoms with Gasteiger partial charge in [-0.05, 0) is 56.5 Å². The first-order valence-electron chi connectivity index (χ1n) is 10.1. The van der Waals surface area contributed by atoms with Gasteiger partial charge in [0.15, 0.2) is 9.84 Å². The lowest BCUT2D eigenvalue weighted by molar-refractivity contribution is -0.0501. The molecule has 2 atom stereocenters. The van der Waals surface area contributed by atoms with Gasteiger partial charge in [0, 0.05) is 11.3 Å². The highest BCUT2D eigenvalue weighted by molar-refractivity contribution is 7.94. The molecule has 1 spiro atoms. The number of carbonyl (C=O) groups excluding carboxylic acids is 1. The number of alkyl halides is 3. The number of hydrogen-bond donors (Lipinski definition) is 2. The molecule has 0 unspecified atom stereocenters. The molecule has 182 valence electrons. The molecule has 13 heteroatoms. The molecule has 1 aliphatic carbocycles. The van der Waals surface area contributed by atoms with Crippen LogP contribution in [0.3, 0.4) is 0 Å². The molecule has 0 bridgehead atoms. The van der Waals surface area contributed by atoms with Crippen LogP contribution in [0.5, 0.6) is 5.75 Å². The van der Waals surface area contributed by atoms with E-state index in [-0.39, 0.29) is 41.4 Å². The number of amides is 1. The van der Waals surface area contributed by atoms with E-state index in [1.54, 1.807) is 0 Å². The minimum Gasteiger partial charge on any atom is -0.433 e. The zero-order valence-corrected chi connectivity index (χ0v) is 18.8. The van der Waals surface area contributed by atoms with Crippen LogP contribution in [0.4, 0.5) is 23.2 Å². The van der Waals surface area contributed by atoms with E-state index in [4.69, 9.17) is 5.73 Å².